The third-order valence-corrected chi connectivity index (χ3v) is 1.53. The molecule has 0 heterocycles. The van der Waals surface area contributed by atoms with Crippen molar-refractivity contribution in [2.75, 3.05) is 5.32 Å². The Balaban J connectivity index is 0.00000144. The summed E-state index contributed by atoms with van der Waals surface area (Å²) in [4.78, 5) is 10.4. The molecule has 0 saturated carbocycles. The molecule has 0 saturated heterocycles. The van der Waals surface area contributed by atoms with Gasteiger partial charge in [-0.25, -0.2) is 0 Å². The van der Waals surface area contributed by atoms with Crippen LogP contribution in [0.15, 0.2) is 30.3 Å². The molecule has 0 spiro atoms. The molecule has 2 N–H and O–H groups in total. The number of carboxylic acids is 1. The molecule has 1 aromatic rings. The summed E-state index contributed by atoms with van der Waals surface area (Å²) in [6, 6.07) is 8.72. The molecule has 1 unspecified atom stereocenters. The predicted octanol–water partition coefficient (Wildman–Crippen LogP) is -1.42. The molecule has 0 amide bonds. The van der Waals surface area contributed by atoms with Crippen LogP contribution in [0, 0.1) is 0 Å². The minimum Gasteiger partial charge on any atom is -0.480 e. The fourth-order valence-electron chi connectivity index (χ4n) is 0.846. The Morgan fingerprint density at radius 1 is 1.38 bits per heavy atom. The summed E-state index contributed by atoms with van der Waals surface area (Å²) in [5.41, 5.74) is 0.826. The van der Waals surface area contributed by atoms with E-state index in [4.69, 9.17) is 5.11 Å². The Labute approximate surface area is 99.4 Å². The monoisotopic (exact) mass is 188 g/mol. The average molecular weight is 188 g/mol. The van der Waals surface area contributed by atoms with Crippen molar-refractivity contribution in [1.29, 1.82) is 0 Å². The fourth-order valence-corrected chi connectivity index (χ4v) is 0.846. The Morgan fingerprint density at radius 3 is 2.38 bits per heavy atom. The minimum absolute atomic E-state index is 0. The minimum atomic E-state index is -0.848. The Morgan fingerprint density at radius 2 is 1.92 bits per heavy atom. The molecule has 0 aromatic heterocycles. The van der Waals surface area contributed by atoms with Gasteiger partial charge in [-0.05, 0) is 19.1 Å². The zero-order valence-electron chi connectivity index (χ0n) is 7.82. The number of hydrogen-bond acceptors (Lipinski definition) is 2. The summed E-state index contributed by atoms with van der Waals surface area (Å²) in [5.74, 6) is -0.848. The third-order valence-electron chi connectivity index (χ3n) is 1.53. The number of hydrogen-bond donors (Lipinski definition) is 2. The summed E-state index contributed by atoms with van der Waals surface area (Å²) >= 11 is 0. The van der Waals surface area contributed by atoms with Gasteiger partial charge in [0, 0.05) is 5.69 Å². The molecule has 0 aliphatic carbocycles. The zero-order chi connectivity index (χ0) is 8.97. The number of carbonyl (C=O) groups is 1. The van der Waals surface area contributed by atoms with E-state index >= 15 is 0 Å². The number of para-hydroxylation sites is 1. The van der Waals surface area contributed by atoms with Crippen molar-refractivity contribution < 1.29 is 39.5 Å². The van der Waals surface area contributed by atoms with E-state index in [1.807, 2.05) is 30.3 Å². The van der Waals surface area contributed by atoms with Gasteiger partial charge in [0.05, 0.1) is 0 Å². The van der Waals surface area contributed by atoms with E-state index < -0.39 is 12.0 Å². The molecule has 4 heteroatoms. The van der Waals surface area contributed by atoms with Gasteiger partial charge in [0.1, 0.15) is 6.04 Å². The molecule has 1 rings (SSSR count). The number of rotatable bonds is 3. The van der Waals surface area contributed by atoms with E-state index in [0.29, 0.717) is 0 Å². The van der Waals surface area contributed by atoms with Crippen molar-refractivity contribution in [1.82, 2.24) is 0 Å². The van der Waals surface area contributed by atoms with Gasteiger partial charge >= 0.3 is 35.5 Å². The van der Waals surface area contributed by atoms with Crippen LogP contribution in [0.2, 0.25) is 0 Å². The number of anilines is 1. The van der Waals surface area contributed by atoms with Gasteiger partial charge in [-0.3, -0.25) is 4.79 Å². The van der Waals surface area contributed by atoms with Crippen molar-refractivity contribution in [3.8, 4) is 0 Å². The molecule has 0 radical (unpaired) electrons. The van der Waals surface area contributed by atoms with Gasteiger partial charge in [0.2, 0.25) is 0 Å². The molecule has 0 aliphatic heterocycles. The second-order valence-electron chi connectivity index (χ2n) is 2.57. The molecule has 0 aliphatic rings. The quantitative estimate of drug-likeness (QED) is 0.572. The normalized spacial score (nSPS) is 11.2. The second kappa shape index (κ2) is 6.02. The van der Waals surface area contributed by atoms with Crippen LogP contribution in [0.1, 0.15) is 6.92 Å². The van der Waals surface area contributed by atoms with Crippen LogP contribution in [0.5, 0.6) is 0 Å². The van der Waals surface area contributed by atoms with Gasteiger partial charge in [-0.2, -0.15) is 0 Å². The van der Waals surface area contributed by atoms with Crippen LogP contribution in [-0.2, 0) is 4.79 Å². The standard InChI is InChI=1S/C9H11NO2.Na/c1-7(9(11)12)10-8-5-3-2-4-6-8;/h2-7,10H,1H3,(H,11,12);/q;+1. The molecule has 1 aromatic carbocycles. The number of benzene rings is 1. The van der Waals surface area contributed by atoms with Crippen LogP contribution in [-0.4, -0.2) is 17.1 Å². The molecule has 64 valence electrons. The van der Waals surface area contributed by atoms with Gasteiger partial charge < -0.3 is 10.4 Å². The summed E-state index contributed by atoms with van der Waals surface area (Å²) in [5, 5.41) is 11.4. The summed E-state index contributed by atoms with van der Waals surface area (Å²) in [7, 11) is 0. The van der Waals surface area contributed by atoms with Crippen LogP contribution < -0.4 is 34.9 Å². The number of carboxylic acid groups (broad SMARTS) is 1. The summed E-state index contributed by atoms with van der Waals surface area (Å²) in [6.45, 7) is 1.61. The second-order valence-corrected chi connectivity index (χ2v) is 2.57. The van der Waals surface area contributed by atoms with Crippen molar-refractivity contribution in [2.24, 2.45) is 0 Å². The van der Waals surface area contributed by atoms with Crippen LogP contribution in [0.25, 0.3) is 0 Å². The molecule has 3 nitrogen and oxygen atoms in total. The third kappa shape index (κ3) is 4.31. The fraction of sp³-hybridized carbons (Fsp3) is 0.222. The number of nitrogens with one attached hydrogen (secondary N) is 1. The molecule has 0 bridgehead atoms. The van der Waals surface area contributed by atoms with Crippen LogP contribution >= 0.6 is 0 Å². The number of aliphatic carboxylic acids is 1. The first kappa shape index (κ1) is 12.5. The SMILES string of the molecule is CC(Nc1ccccc1)C(=O)O.[Na+]. The smallest absolute Gasteiger partial charge is 0.480 e. The Hall–Kier alpha value is -0.510. The van der Waals surface area contributed by atoms with Crippen molar-refractivity contribution in [3.05, 3.63) is 30.3 Å². The maximum atomic E-state index is 10.4. The van der Waals surface area contributed by atoms with E-state index in [-0.39, 0.29) is 29.6 Å². The maximum absolute atomic E-state index is 10.4. The molecule has 13 heavy (non-hydrogen) atoms. The van der Waals surface area contributed by atoms with Crippen molar-refractivity contribution >= 4 is 11.7 Å². The van der Waals surface area contributed by atoms with E-state index in [2.05, 4.69) is 5.32 Å². The zero-order valence-corrected chi connectivity index (χ0v) is 9.82. The first-order valence-electron chi connectivity index (χ1n) is 3.74. The molecule has 1 atom stereocenters. The van der Waals surface area contributed by atoms with Crippen LogP contribution in [0.4, 0.5) is 5.69 Å². The van der Waals surface area contributed by atoms with E-state index in [1.54, 1.807) is 6.92 Å². The Kier molecular flexibility index (Phi) is 5.79. The van der Waals surface area contributed by atoms with Gasteiger partial charge in [0.15, 0.2) is 0 Å². The predicted molar refractivity (Wildman–Crippen MR) is 47.2 cm³/mol. The first-order valence-corrected chi connectivity index (χ1v) is 3.74. The van der Waals surface area contributed by atoms with Crippen LogP contribution in [0.3, 0.4) is 0 Å². The van der Waals surface area contributed by atoms with Gasteiger partial charge in [0.25, 0.3) is 0 Å². The first-order chi connectivity index (χ1) is 5.70. The van der Waals surface area contributed by atoms with E-state index in [1.165, 1.54) is 0 Å². The Bertz CT molecular complexity index is 264. The van der Waals surface area contributed by atoms with E-state index in [0.717, 1.165) is 5.69 Å². The van der Waals surface area contributed by atoms with Crippen molar-refractivity contribution in [2.45, 2.75) is 13.0 Å². The molecular formula is C9H11NNaO2+. The summed E-state index contributed by atoms with van der Waals surface area (Å²) < 4.78 is 0. The molecule has 0 fully saturated rings. The molecular weight excluding hydrogens is 177 g/mol. The van der Waals surface area contributed by atoms with Gasteiger partial charge in [-0.15, -0.1) is 0 Å². The van der Waals surface area contributed by atoms with Crippen molar-refractivity contribution in [3.63, 3.8) is 0 Å². The van der Waals surface area contributed by atoms with Gasteiger partial charge in [-0.1, -0.05) is 18.2 Å². The largest absolute Gasteiger partial charge is 1.00 e. The van der Waals surface area contributed by atoms with E-state index in [9.17, 15) is 4.79 Å². The average Bonchev–Trinajstić information content (AvgIpc) is 2.06. The maximum Gasteiger partial charge on any atom is 1.00 e. The topological polar surface area (TPSA) is 49.3 Å². The summed E-state index contributed by atoms with van der Waals surface area (Å²) in [6.07, 6.45) is 0.